The van der Waals surface area contributed by atoms with Gasteiger partial charge in [-0.05, 0) is 18.5 Å². The Kier molecular flexibility index (Phi) is 10.6. The van der Waals surface area contributed by atoms with Gasteiger partial charge in [-0.1, -0.05) is 44.2 Å². The third-order valence-corrected chi connectivity index (χ3v) is 1.87. The maximum atomic E-state index is 4.95. The van der Waals surface area contributed by atoms with Crippen LogP contribution in [0.25, 0.3) is 0 Å². The van der Waals surface area contributed by atoms with Gasteiger partial charge in [0.2, 0.25) is 0 Å². The molecular weight excluding hydrogens is 186 g/mol. The van der Waals surface area contributed by atoms with E-state index in [1.54, 1.807) is 7.11 Å². The fourth-order valence-corrected chi connectivity index (χ4v) is 1.17. The molecule has 0 radical (unpaired) electrons. The average molecular weight is 209 g/mol. The predicted molar refractivity (Wildman–Crippen MR) is 66.0 cm³/mol. The molecule has 1 rings (SSSR count). The molecule has 1 aromatic rings. The van der Waals surface area contributed by atoms with Crippen molar-refractivity contribution in [1.82, 2.24) is 5.32 Å². The van der Waals surface area contributed by atoms with Crippen LogP contribution in [-0.2, 0) is 11.3 Å². The van der Waals surface area contributed by atoms with Gasteiger partial charge in [0.15, 0.2) is 0 Å². The summed E-state index contributed by atoms with van der Waals surface area (Å²) in [6.07, 6.45) is 1.07. The summed E-state index contributed by atoms with van der Waals surface area (Å²) < 4.78 is 4.95. The largest absolute Gasteiger partial charge is 0.385 e. The quantitative estimate of drug-likeness (QED) is 0.727. The molecule has 0 spiro atoms. The smallest absolute Gasteiger partial charge is 0.0474 e. The molecule has 1 N–H and O–H groups in total. The predicted octanol–water partition coefficient (Wildman–Crippen LogP) is 2.84. The molecule has 0 saturated carbocycles. The maximum Gasteiger partial charge on any atom is 0.0474 e. The Hall–Kier alpha value is -0.860. The Balaban J connectivity index is 0.000000921. The standard InChI is InChI=1S/C11H17NO.C2H6/c1-13-9-5-8-12-10-11-6-3-2-4-7-11;1-2/h2-4,6-7,12H,5,8-10H2,1H3;1-2H3. The van der Waals surface area contributed by atoms with Crippen molar-refractivity contribution < 1.29 is 4.74 Å². The normalized spacial score (nSPS) is 9.27. The molecule has 15 heavy (non-hydrogen) atoms. The molecule has 0 unspecified atom stereocenters. The minimum atomic E-state index is 0.835. The van der Waals surface area contributed by atoms with E-state index in [2.05, 4.69) is 29.6 Å². The molecular formula is C13H23NO. The molecule has 0 heterocycles. The van der Waals surface area contributed by atoms with E-state index >= 15 is 0 Å². The van der Waals surface area contributed by atoms with Crippen LogP contribution in [0.5, 0.6) is 0 Å². The lowest BCUT2D eigenvalue weighted by Crippen LogP contribution is -2.15. The van der Waals surface area contributed by atoms with Gasteiger partial charge in [0.25, 0.3) is 0 Å². The molecule has 0 aromatic heterocycles. The lowest BCUT2D eigenvalue weighted by atomic mass is 10.2. The summed E-state index contributed by atoms with van der Waals surface area (Å²) in [6.45, 7) is 6.80. The van der Waals surface area contributed by atoms with Crippen LogP contribution in [0.15, 0.2) is 30.3 Å². The Labute approximate surface area is 93.7 Å². The topological polar surface area (TPSA) is 21.3 Å². The third kappa shape index (κ3) is 8.16. The Morgan fingerprint density at radius 2 is 1.80 bits per heavy atom. The summed E-state index contributed by atoms with van der Waals surface area (Å²) in [5.74, 6) is 0. The van der Waals surface area contributed by atoms with Crippen LogP contribution in [0.4, 0.5) is 0 Å². The molecule has 0 bridgehead atoms. The van der Waals surface area contributed by atoms with Gasteiger partial charge in [0.1, 0.15) is 0 Å². The number of methoxy groups -OCH3 is 1. The SMILES string of the molecule is CC.COCCCNCc1ccccc1. The van der Waals surface area contributed by atoms with E-state index in [-0.39, 0.29) is 0 Å². The first-order valence-electron chi connectivity index (χ1n) is 5.67. The first kappa shape index (κ1) is 14.1. The van der Waals surface area contributed by atoms with Crippen molar-refractivity contribution in [3.63, 3.8) is 0 Å². The fraction of sp³-hybridized carbons (Fsp3) is 0.538. The van der Waals surface area contributed by atoms with E-state index in [4.69, 9.17) is 4.74 Å². The minimum Gasteiger partial charge on any atom is -0.385 e. The minimum absolute atomic E-state index is 0.835. The third-order valence-electron chi connectivity index (χ3n) is 1.87. The molecule has 0 saturated heterocycles. The second-order valence-electron chi connectivity index (χ2n) is 3.01. The average Bonchev–Trinajstić information content (AvgIpc) is 2.33. The summed E-state index contributed by atoms with van der Waals surface area (Å²) >= 11 is 0. The summed E-state index contributed by atoms with van der Waals surface area (Å²) in [4.78, 5) is 0. The van der Waals surface area contributed by atoms with E-state index in [0.717, 1.165) is 26.1 Å². The Morgan fingerprint density at radius 1 is 1.13 bits per heavy atom. The van der Waals surface area contributed by atoms with Crippen molar-refractivity contribution in [2.45, 2.75) is 26.8 Å². The van der Waals surface area contributed by atoms with Crippen LogP contribution in [0.2, 0.25) is 0 Å². The van der Waals surface area contributed by atoms with E-state index in [1.807, 2.05) is 19.9 Å². The van der Waals surface area contributed by atoms with Gasteiger partial charge in [-0.15, -0.1) is 0 Å². The highest BCUT2D eigenvalue weighted by molar-refractivity contribution is 5.14. The van der Waals surface area contributed by atoms with Crippen LogP contribution in [0.3, 0.4) is 0 Å². The Bertz CT molecular complexity index is 211. The summed E-state index contributed by atoms with van der Waals surface area (Å²) in [5.41, 5.74) is 1.33. The second-order valence-corrected chi connectivity index (χ2v) is 3.01. The first-order chi connectivity index (χ1) is 7.43. The molecule has 0 aliphatic rings. The van der Waals surface area contributed by atoms with Crippen molar-refractivity contribution in [3.8, 4) is 0 Å². The van der Waals surface area contributed by atoms with E-state index < -0.39 is 0 Å². The number of hydrogen-bond donors (Lipinski definition) is 1. The highest BCUT2D eigenvalue weighted by Gasteiger charge is 1.89. The van der Waals surface area contributed by atoms with Crippen LogP contribution in [0.1, 0.15) is 25.8 Å². The lowest BCUT2D eigenvalue weighted by molar-refractivity contribution is 0.194. The van der Waals surface area contributed by atoms with Gasteiger partial charge in [-0.25, -0.2) is 0 Å². The molecule has 1 aromatic carbocycles. The molecule has 0 aliphatic carbocycles. The summed E-state index contributed by atoms with van der Waals surface area (Å²) in [5, 5.41) is 3.36. The summed E-state index contributed by atoms with van der Waals surface area (Å²) in [7, 11) is 1.73. The van der Waals surface area contributed by atoms with Crippen LogP contribution < -0.4 is 5.32 Å². The van der Waals surface area contributed by atoms with Gasteiger partial charge in [-0.2, -0.15) is 0 Å². The van der Waals surface area contributed by atoms with E-state index in [0.29, 0.717) is 0 Å². The van der Waals surface area contributed by atoms with Crippen molar-refractivity contribution in [2.24, 2.45) is 0 Å². The van der Waals surface area contributed by atoms with E-state index in [9.17, 15) is 0 Å². The molecule has 0 amide bonds. The van der Waals surface area contributed by atoms with Crippen LogP contribution in [-0.4, -0.2) is 20.3 Å². The van der Waals surface area contributed by atoms with E-state index in [1.165, 1.54) is 5.56 Å². The highest BCUT2D eigenvalue weighted by Crippen LogP contribution is 1.96. The Morgan fingerprint density at radius 3 is 2.40 bits per heavy atom. The number of nitrogens with one attached hydrogen (secondary N) is 1. The lowest BCUT2D eigenvalue weighted by Gasteiger charge is -2.03. The van der Waals surface area contributed by atoms with Crippen molar-refractivity contribution in [2.75, 3.05) is 20.3 Å². The van der Waals surface area contributed by atoms with Gasteiger partial charge < -0.3 is 10.1 Å². The van der Waals surface area contributed by atoms with Crippen LogP contribution in [0, 0.1) is 0 Å². The molecule has 0 atom stereocenters. The molecule has 2 heteroatoms. The van der Waals surface area contributed by atoms with Crippen molar-refractivity contribution in [1.29, 1.82) is 0 Å². The van der Waals surface area contributed by atoms with Crippen molar-refractivity contribution >= 4 is 0 Å². The number of hydrogen-bond acceptors (Lipinski definition) is 2. The zero-order valence-electron chi connectivity index (χ0n) is 10.1. The first-order valence-corrected chi connectivity index (χ1v) is 5.67. The van der Waals surface area contributed by atoms with Gasteiger partial charge in [-0.3, -0.25) is 0 Å². The van der Waals surface area contributed by atoms with Gasteiger partial charge in [0.05, 0.1) is 0 Å². The second kappa shape index (κ2) is 11.2. The molecule has 0 fully saturated rings. The number of rotatable bonds is 6. The highest BCUT2D eigenvalue weighted by atomic mass is 16.5. The van der Waals surface area contributed by atoms with Gasteiger partial charge >= 0.3 is 0 Å². The molecule has 0 aliphatic heterocycles. The fourth-order valence-electron chi connectivity index (χ4n) is 1.17. The monoisotopic (exact) mass is 209 g/mol. The molecule has 2 nitrogen and oxygen atoms in total. The maximum absolute atomic E-state index is 4.95. The zero-order valence-corrected chi connectivity index (χ0v) is 10.1. The molecule has 86 valence electrons. The number of benzene rings is 1. The van der Waals surface area contributed by atoms with Gasteiger partial charge in [0, 0.05) is 20.3 Å². The number of ether oxygens (including phenoxy) is 1. The zero-order chi connectivity index (χ0) is 11.4. The van der Waals surface area contributed by atoms with Crippen LogP contribution >= 0.6 is 0 Å². The van der Waals surface area contributed by atoms with Crippen molar-refractivity contribution in [3.05, 3.63) is 35.9 Å². The summed E-state index contributed by atoms with van der Waals surface area (Å²) in [6, 6.07) is 10.4.